The Hall–Kier alpha value is -1.28. The van der Waals surface area contributed by atoms with Crippen molar-refractivity contribution in [3.05, 3.63) is 51.7 Å². The summed E-state index contributed by atoms with van der Waals surface area (Å²) in [7, 11) is 5.55. The van der Waals surface area contributed by atoms with E-state index in [-0.39, 0.29) is 24.0 Å². The smallest absolute Gasteiger partial charge is 0.193 e. The summed E-state index contributed by atoms with van der Waals surface area (Å²) in [5.41, 5.74) is 3.67. The third-order valence-corrected chi connectivity index (χ3v) is 4.10. The molecule has 0 atom stereocenters. The molecule has 0 saturated heterocycles. The fourth-order valence-electron chi connectivity index (χ4n) is 2.34. The van der Waals surface area contributed by atoms with E-state index in [0.717, 1.165) is 24.8 Å². The van der Waals surface area contributed by atoms with Crippen LogP contribution < -0.4 is 10.1 Å². The van der Waals surface area contributed by atoms with E-state index < -0.39 is 0 Å². The second kappa shape index (κ2) is 9.77. The maximum absolute atomic E-state index is 5.32. The number of hydrogen-bond acceptors (Lipinski definition) is 3. The van der Waals surface area contributed by atoms with Crippen LogP contribution in [-0.4, -0.2) is 32.1 Å². The van der Waals surface area contributed by atoms with Crippen LogP contribution in [-0.2, 0) is 13.1 Å². The number of methoxy groups -OCH3 is 1. The monoisotopic (exact) mass is 445 g/mol. The Kier molecular flexibility index (Phi) is 8.40. The Bertz CT molecular complexity index is 629. The highest BCUT2D eigenvalue weighted by atomic mass is 127. The van der Waals surface area contributed by atoms with Crippen LogP contribution in [0.3, 0.4) is 0 Å². The predicted octanol–water partition coefficient (Wildman–Crippen LogP) is 3.89. The summed E-state index contributed by atoms with van der Waals surface area (Å²) in [5, 5.41) is 7.66. The molecule has 1 N–H and O–H groups in total. The number of aryl methyl sites for hydroxylation is 1. The Labute approximate surface area is 159 Å². The average Bonchev–Trinajstić information content (AvgIpc) is 3.00. The molecular weight excluding hydrogens is 421 g/mol. The number of hydrogen-bond donors (Lipinski definition) is 1. The summed E-state index contributed by atoms with van der Waals surface area (Å²) in [6.45, 7) is 3.64. The van der Waals surface area contributed by atoms with Gasteiger partial charge in [-0.25, -0.2) is 0 Å². The maximum Gasteiger partial charge on any atom is 0.193 e. The summed E-state index contributed by atoms with van der Waals surface area (Å²) >= 11 is 1.72. The van der Waals surface area contributed by atoms with E-state index in [9.17, 15) is 0 Å². The van der Waals surface area contributed by atoms with Gasteiger partial charge in [0.2, 0.25) is 0 Å². The standard InChI is InChI=1S/C17H23N3OS.HI/c1-13-7-15(9-16(8-13)21-4)10-19-17(18-2)20(3)11-14-5-6-22-12-14;/h5-9,12H,10-11H2,1-4H3,(H,18,19);1H. The highest BCUT2D eigenvalue weighted by Crippen LogP contribution is 2.16. The second-order valence-electron chi connectivity index (χ2n) is 5.25. The number of thiophene rings is 1. The zero-order valence-corrected chi connectivity index (χ0v) is 17.1. The van der Waals surface area contributed by atoms with Crippen LogP contribution in [0.25, 0.3) is 0 Å². The van der Waals surface area contributed by atoms with Crippen LogP contribution in [0, 0.1) is 6.92 Å². The highest BCUT2D eigenvalue weighted by molar-refractivity contribution is 14.0. The van der Waals surface area contributed by atoms with Gasteiger partial charge in [-0.15, -0.1) is 24.0 Å². The van der Waals surface area contributed by atoms with Crippen molar-refractivity contribution in [1.29, 1.82) is 0 Å². The number of aliphatic imine (C=N–C) groups is 1. The molecule has 0 radical (unpaired) electrons. The van der Waals surface area contributed by atoms with Gasteiger partial charge in [-0.05, 0) is 52.6 Å². The van der Waals surface area contributed by atoms with E-state index >= 15 is 0 Å². The van der Waals surface area contributed by atoms with Crippen LogP contribution in [0.2, 0.25) is 0 Å². The molecule has 126 valence electrons. The molecule has 4 nitrogen and oxygen atoms in total. The number of ether oxygens (including phenoxy) is 1. The average molecular weight is 445 g/mol. The predicted molar refractivity (Wildman–Crippen MR) is 109 cm³/mol. The van der Waals surface area contributed by atoms with Gasteiger partial charge in [0.05, 0.1) is 7.11 Å². The lowest BCUT2D eigenvalue weighted by atomic mass is 10.1. The van der Waals surface area contributed by atoms with Gasteiger partial charge in [0.1, 0.15) is 5.75 Å². The number of halogens is 1. The molecule has 0 fully saturated rings. The van der Waals surface area contributed by atoms with Crippen molar-refractivity contribution in [2.45, 2.75) is 20.0 Å². The van der Waals surface area contributed by atoms with Gasteiger partial charge in [-0.1, -0.05) is 6.07 Å². The van der Waals surface area contributed by atoms with Gasteiger partial charge in [0.25, 0.3) is 0 Å². The van der Waals surface area contributed by atoms with Gasteiger partial charge >= 0.3 is 0 Å². The quantitative estimate of drug-likeness (QED) is 0.431. The number of rotatable bonds is 5. The van der Waals surface area contributed by atoms with E-state index in [4.69, 9.17) is 4.74 Å². The van der Waals surface area contributed by atoms with Crippen molar-refractivity contribution in [2.24, 2.45) is 4.99 Å². The summed E-state index contributed by atoms with van der Waals surface area (Å²) < 4.78 is 5.32. The first-order valence-corrected chi connectivity index (χ1v) is 8.14. The Balaban J connectivity index is 0.00000264. The highest BCUT2D eigenvalue weighted by Gasteiger charge is 2.07. The summed E-state index contributed by atoms with van der Waals surface area (Å²) in [6, 6.07) is 8.37. The van der Waals surface area contributed by atoms with Crippen LogP contribution in [0.15, 0.2) is 40.0 Å². The molecule has 0 spiro atoms. The Morgan fingerprint density at radius 2 is 2.09 bits per heavy atom. The van der Waals surface area contributed by atoms with Crippen molar-refractivity contribution < 1.29 is 4.74 Å². The summed E-state index contributed by atoms with van der Waals surface area (Å²) in [6.07, 6.45) is 0. The zero-order valence-electron chi connectivity index (χ0n) is 14.0. The zero-order chi connectivity index (χ0) is 15.9. The molecule has 0 aliphatic rings. The lowest BCUT2D eigenvalue weighted by Gasteiger charge is -2.22. The summed E-state index contributed by atoms with van der Waals surface area (Å²) in [5.74, 6) is 1.77. The number of nitrogens with zero attached hydrogens (tertiary/aromatic N) is 2. The Morgan fingerprint density at radius 3 is 2.70 bits per heavy atom. The first-order valence-electron chi connectivity index (χ1n) is 7.20. The van der Waals surface area contributed by atoms with Crippen LogP contribution in [0.1, 0.15) is 16.7 Å². The van der Waals surface area contributed by atoms with Gasteiger partial charge < -0.3 is 15.0 Å². The lowest BCUT2D eigenvalue weighted by molar-refractivity contribution is 0.413. The fourth-order valence-corrected chi connectivity index (χ4v) is 3.00. The minimum Gasteiger partial charge on any atom is -0.497 e. The fraction of sp³-hybridized carbons (Fsp3) is 0.353. The van der Waals surface area contributed by atoms with E-state index in [1.165, 1.54) is 16.7 Å². The molecule has 0 aliphatic carbocycles. The molecule has 1 heterocycles. The van der Waals surface area contributed by atoms with E-state index in [1.807, 2.05) is 26.2 Å². The molecular formula is C17H24IN3OS. The normalized spacial score (nSPS) is 10.9. The molecule has 0 bridgehead atoms. The van der Waals surface area contributed by atoms with E-state index in [2.05, 4.69) is 45.0 Å². The van der Waals surface area contributed by atoms with Gasteiger partial charge in [0.15, 0.2) is 5.96 Å². The largest absolute Gasteiger partial charge is 0.497 e. The maximum atomic E-state index is 5.32. The van der Waals surface area contributed by atoms with Gasteiger partial charge in [0, 0.05) is 27.2 Å². The van der Waals surface area contributed by atoms with Crippen LogP contribution in [0.5, 0.6) is 5.75 Å². The molecule has 2 aromatic rings. The molecule has 1 aromatic heterocycles. The molecule has 23 heavy (non-hydrogen) atoms. The van der Waals surface area contributed by atoms with Crippen molar-refractivity contribution in [2.75, 3.05) is 21.2 Å². The Morgan fingerprint density at radius 1 is 1.30 bits per heavy atom. The number of guanidine groups is 1. The van der Waals surface area contributed by atoms with Gasteiger partial charge in [-0.3, -0.25) is 4.99 Å². The third-order valence-electron chi connectivity index (χ3n) is 3.37. The first kappa shape index (κ1) is 19.8. The van der Waals surface area contributed by atoms with Crippen LogP contribution in [0.4, 0.5) is 0 Å². The molecule has 0 amide bonds. The molecule has 0 aliphatic heterocycles. The minimum atomic E-state index is 0. The van der Waals surface area contributed by atoms with Crippen molar-refractivity contribution in [3.8, 4) is 5.75 Å². The third kappa shape index (κ3) is 6.02. The molecule has 0 saturated carbocycles. The van der Waals surface area contributed by atoms with E-state index in [0.29, 0.717) is 0 Å². The number of benzene rings is 1. The molecule has 0 unspecified atom stereocenters. The van der Waals surface area contributed by atoms with E-state index in [1.54, 1.807) is 18.4 Å². The van der Waals surface area contributed by atoms with Crippen LogP contribution >= 0.6 is 35.3 Å². The minimum absolute atomic E-state index is 0. The number of nitrogens with one attached hydrogen (secondary N) is 1. The second-order valence-corrected chi connectivity index (χ2v) is 6.03. The van der Waals surface area contributed by atoms with Crippen molar-refractivity contribution in [3.63, 3.8) is 0 Å². The molecule has 1 aromatic carbocycles. The van der Waals surface area contributed by atoms with Crippen molar-refractivity contribution in [1.82, 2.24) is 10.2 Å². The topological polar surface area (TPSA) is 36.9 Å². The lowest BCUT2D eigenvalue weighted by Crippen LogP contribution is -2.37. The molecule has 2 rings (SSSR count). The SMILES string of the molecule is CN=C(NCc1cc(C)cc(OC)c1)N(C)Cc1ccsc1.I. The first-order chi connectivity index (χ1) is 10.6. The molecule has 6 heteroatoms. The summed E-state index contributed by atoms with van der Waals surface area (Å²) in [4.78, 5) is 6.47. The van der Waals surface area contributed by atoms with Crippen molar-refractivity contribution >= 4 is 41.3 Å². The van der Waals surface area contributed by atoms with Gasteiger partial charge in [-0.2, -0.15) is 11.3 Å².